The fourth-order valence-corrected chi connectivity index (χ4v) is 6.25. The summed E-state index contributed by atoms with van der Waals surface area (Å²) in [6, 6.07) is 4.69. The number of anilines is 1. The van der Waals surface area contributed by atoms with Gasteiger partial charge in [0.15, 0.2) is 6.23 Å². The van der Waals surface area contributed by atoms with Crippen molar-refractivity contribution in [3.63, 3.8) is 0 Å². The lowest BCUT2D eigenvalue weighted by Crippen LogP contribution is -2.68. The number of carbonyl (C=O) groups is 4. The number of nitrogen functional groups attached to an aromatic ring is 1. The molecular weight excluding hydrogens is 725 g/mol. The van der Waals surface area contributed by atoms with Crippen molar-refractivity contribution in [1.29, 1.82) is 0 Å². The van der Waals surface area contributed by atoms with Crippen LogP contribution in [0.15, 0.2) is 41.3 Å². The maximum Gasteiger partial charge on any atom is 0.475 e. The number of carbonyl (C=O) groups excluding carboxylic acids is 3. The van der Waals surface area contributed by atoms with Crippen molar-refractivity contribution in [3.8, 4) is 0 Å². The molecule has 2 fully saturated rings. The van der Waals surface area contributed by atoms with Gasteiger partial charge >= 0.3 is 19.5 Å². The minimum atomic E-state index is -5.64. The molecule has 1 aromatic carbocycles. The first kappa shape index (κ1) is 40.5. The molecule has 23 nitrogen and oxygen atoms in total. The number of aldehydes is 1. The number of aliphatic hydroxyl groups excluding tert-OH is 6. The van der Waals surface area contributed by atoms with Gasteiger partial charge in [-0.15, -0.1) is 0 Å². The highest BCUT2D eigenvalue weighted by atomic mass is 31.2. The predicted molar refractivity (Wildman–Crippen MR) is 167 cm³/mol. The number of amides is 2. The van der Waals surface area contributed by atoms with Crippen LogP contribution in [0.2, 0.25) is 0 Å². The van der Waals surface area contributed by atoms with Gasteiger partial charge in [0, 0.05) is 23.7 Å². The number of aliphatic carboxylic acids is 1. The first-order valence-electron chi connectivity index (χ1n) is 15.2. The average Bonchev–Trinajstić information content (AvgIpc) is 3.38. The number of benzene rings is 1. The molecule has 2 aliphatic rings. The fraction of sp³-hybridized carbons (Fsp3) is 0.500. The molecule has 0 saturated carbocycles. The van der Waals surface area contributed by atoms with Crippen molar-refractivity contribution in [1.82, 2.24) is 20.2 Å². The number of nitrogens with one attached hydrogen (secondary N) is 2. The minimum absolute atomic E-state index is 0.0671. The predicted octanol–water partition coefficient (Wildman–Crippen LogP) is -5.05. The SMILES string of the molecule is Nc1ccn([C@@H]2OC(COP(=O)(O)O[C@@]3(C(=O)O)C[C@@H](O)[C@@H](NC(=O)CNC(=O)c4ccc(C=O)cc4)C([C@H](O)[C@H](O)CO)O3)[C@H](O)[C@@H]2O)c(=O)n1. The third-order valence-electron chi connectivity index (χ3n) is 7.99. The van der Waals surface area contributed by atoms with Crippen LogP contribution in [0.5, 0.6) is 0 Å². The quantitative estimate of drug-likeness (QED) is 0.0597. The van der Waals surface area contributed by atoms with E-state index in [1.165, 1.54) is 30.3 Å². The van der Waals surface area contributed by atoms with E-state index in [1.807, 2.05) is 0 Å². The largest absolute Gasteiger partial charge is 0.477 e. The summed E-state index contributed by atoms with van der Waals surface area (Å²) in [7, 11) is -5.64. The molecule has 0 bridgehead atoms. The van der Waals surface area contributed by atoms with Crippen LogP contribution in [0.4, 0.5) is 5.82 Å². The molecule has 0 spiro atoms. The van der Waals surface area contributed by atoms with Gasteiger partial charge in [0.1, 0.15) is 48.7 Å². The average molecular weight is 762 g/mol. The van der Waals surface area contributed by atoms with Crippen LogP contribution in [0.3, 0.4) is 0 Å². The third kappa shape index (κ3) is 9.22. The Hall–Kier alpha value is -4.23. The summed E-state index contributed by atoms with van der Waals surface area (Å²) in [6.07, 6.45) is -15.1. The molecule has 4 rings (SSSR count). The van der Waals surface area contributed by atoms with Gasteiger partial charge in [-0.05, 0) is 18.2 Å². The number of phosphoric acid groups is 1. The second-order valence-electron chi connectivity index (χ2n) is 11.6. The zero-order valence-electron chi connectivity index (χ0n) is 26.6. The van der Waals surface area contributed by atoms with Crippen LogP contribution >= 0.6 is 7.82 Å². The zero-order chi connectivity index (χ0) is 38.5. The standard InChI is InChI=1S/C28H36N5O18P/c29-17-5-6-33(27(45)31-17)25-22(41)21(40)16(49-25)11-48-52(46,47)51-28(26(43)44)7-14(36)19(23(50-28)20(39)15(37)10-35)32-18(38)8-30-24(42)13-3-1-12(9-34)2-4-13/h1-6,9,14-16,19-23,25,35-37,39-41H,7-8,10-11H2,(H,30,42)(H,32,38)(H,43,44)(H,46,47)(H2,29,31,45)/t14-,15-,16?,19-,20-,21+,22+,23?,25-,28-/m1/s1. The summed E-state index contributed by atoms with van der Waals surface area (Å²) in [5.74, 6) is -7.45. The van der Waals surface area contributed by atoms with Crippen molar-refractivity contribution in [2.75, 3.05) is 25.5 Å². The fourth-order valence-electron chi connectivity index (χ4n) is 5.29. The van der Waals surface area contributed by atoms with Crippen LogP contribution in [0.1, 0.15) is 33.4 Å². The number of phosphoric ester groups is 1. The molecule has 0 aliphatic carbocycles. The van der Waals surface area contributed by atoms with E-state index in [9.17, 15) is 69.2 Å². The second-order valence-corrected chi connectivity index (χ2v) is 13.0. The number of hydrogen-bond acceptors (Lipinski definition) is 18. The lowest BCUT2D eigenvalue weighted by Gasteiger charge is -2.46. The Bertz CT molecular complexity index is 1730. The molecule has 24 heteroatoms. The smallest absolute Gasteiger partial charge is 0.475 e. The molecule has 3 unspecified atom stereocenters. The monoisotopic (exact) mass is 761 g/mol. The molecule has 1 aromatic heterocycles. The molecule has 286 valence electrons. The third-order valence-corrected chi connectivity index (χ3v) is 8.99. The number of aromatic nitrogens is 2. The van der Waals surface area contributed by atoms with Gasteiger partial charge in [0.05, 0.1) is 31.9 Å². The summed E-state index contributed by atoms with van der Waals surface area (Å²) in [6.45, 7) is -2.97. The molecule has 2 aromatic rings. The first-order chi connectivity index (χ1) is 24.4. The number of nitrogens with zero attached hydrogens (tertiary/aromatic N) is 2. The zero-order valence-corrected chi connectivity index (χ0v) is 27.5. The van der Waals surface area contributed by atoms with Crippen LogP contribution < -0.4 is 22.1 Å². The van der Waals surface area contributed by atoms with E-state index in [1.54, 1.807) is 0 Å². The summed E-state index contributed by atoms with van der Waals surface area (Å²) >= 11 is 0. The second kappa shape index (κ2) is 16.6. The highest BCUT2D eigenvalue weighted by molar-refractivity contribution is 7.47. The maximum atomic E-state index is 13.0. The Balaban J connectivity index is 1.46. The molecule has 2 aliphatic heterocycles. The molecule has 0 radical (unpaired) electrons. The summed E-state index contributed by atoms with van der Waals surface area (Å²) < 4.78 is 34.2. The Kier molecular flexibility index (Phi) is 13.0. The number of rotatable bonds is 15. The van der Waals surface area contributed by atoms with E-state index in [-0.39, 0.29) is 16.9 Å². The van der Waals surface area contributed by atoms with E-state index in [4.69, 9.17) is 24.3 Å². The van der Waals surface area contributed by atoms with Gasteiger partial charge in [0.25, 0.3) is 11.7 Å². The summed E-state index contributed by atoms with van der Waals surface area (Å²) in [5, 5.41) is 76.5. The Morgan fingerprint density at radius 3 is 2.42 bits per heavy atom. The van der Waals surface area contributed by atoms with E-state index in [0.717, 1.165) is 10.8 Å². The van der Waals surface area contributed by atoms with Crippen molar-refractivity contribution in [2.24, 2.45) is 0 Å². The van der Waals surface area contributed by atoms with Crippen LogP contribution in [-0.2, 0) is 32.7 Å². The highest BCUT2D eigenvalue weighted by Crippen LogP contribution is 2.51. The molecule has 2 saturated heterocycles. The van der Waals surface area contributed by atoms with Gasteiger partial charge in [-0.3, -0.25) is 23.5 Å². The van der Waals surface area contributed by atoms with Crippen molar-refractivity contribution >= 4 is 37.7 Å². The van der Waals surface area contributed by atoms with Gasteiger partial charge < -0.3 is 66.5 Å². The summed E-state index contributed by atoms with van der Waals surface area (Å²) in [5.41, 5.74) is 4.81. The van der Waals surface area contributed by atoms with Crippen LogP contribution in [-0.4, -0.2) is 149 Å². The minimum Gasteiger partial charge on any atom is -0.477 e. The van der Waals surface area contributed by atoms with E-state index in [0.29, 0.717) is 6.29 Å². The lowest BCUT2D eigenvalue weighted by atomic mass is 9.88. The number of aliphatic hydroxyl groups is 6. The van der Waals surface area contributed by atoms with Gasteiger partial charge in [-0.25, -0.2) is 18.7 Å². The molecule has 11 atom stereocenters. The number of carboxylic acid groups (broad SMARTS) is 1. The number of ether oxygens (including phenoxy) is 2. The molecular formula is C28H36N5O18P. The topological polar surface area (TPSA) is 369 Å². The Morgan fingerprint density at radius 2 is 1.83 bits per heavy atom. The van der Waals surface area contributed by atoms with Crippen LogP contribution in [0.25, 0.3) is 0 Å². The molecule has 2 amide bonds. The Labute approximate surface area is 291 Å². The van der Waals surface area contributed by atoms with Gasteiger partial charge in [-0.2, -0.15) is 4.98 Å². The number of carboxylic acids is 1. The van der Waals surface area contributed by atoms with Crippen molar-refractivity contribution < 1.29 is 82.9 Å². The van der Waals surface area contributed by atoms with E-state index >= 15 is 0 Å². The molecule has 52 heavy (non-hydrogen) atoms. The lowest BCUT2D eigenvalue weighted by molar-refractivity contribution is -0.289. The highest BCUT2D eigenvalue weighted by Gasteiger charge is 2.59. The normalized spacial score (nSPS) is 29.7. The number of hydrogen-bond donors (Lipinski definition) is 11. The Morgan fingerprint density at radius 1 is 1.15 bits per heavy atom. The molecule has 3 heterocycles. The molecule has 12 N–H and O–H groups in total. The van der Waals surface area contributed by atoms with E-state index in [2.05, 4.69) is 15.6 Å². The summed E-state index contributed by atoms with van der Waals surface area (Å²) in [4.78, 5) is 74.6. The number of nitrogens with two attached hydrogens (primary N) is 1. The van der Waals surface area contributed by atoms with Crippen molar-refractivity contribution in [2.45, 2.75) is 67.2 Å². The van der Waals surface area contributed by atoms with Gasteiger partial charge in [-0.1, -0.05) is 12.1 Å². The first-order valence-corrected chi connectivity index (χ1v) is 16.6. The van der Waals surface area contributed by atoms with Crippen molar-refractivity contribution in [3.05, 3.63) is 58.1 Å². The maximum absolute atomic E-state index is 13.0. The van der Waals surface area contributed by atoms with E-state index < -0.39 is 118 Å². The van der Waals surface area contributed by atoms with Gasteiger partial charge in [0.2, 0.25) is 5.91 Å². The van der Waals surface area contributed by atoms with Crippen LogP contribution in [0, 0.1) is 0 Å².